The first-order valence-corrected chi connectivity index (χ1v) is 3.64. The Kier molecular flexibility index (Phi) is 3.61. The Morgan fingerprint density at radius 3 is 2.12 bits per heavy atom. The van der Waals surface area contributed by atoms with Crippen LogP contribution >= 0.6 is 11.8 Å². The Balaban J connectivity index is 3.70. The van der Waals surface area contributed by atoms with Crippen molar-refractivity contribution in [3.63, 3.8) is 0 Å². The topological polar surface area (TPSA) is 12.4 Å². The number of hydrogen-bond acceptors (Lipinski definition) is 2. The number of thioether (sulfide) groups is 1. The van der Waals surface area contributed by atoms with Gasteiger partial charge in [-0.3, -0.25) is 4.99 Å². The van der Waals surface area contributed by atoms with E-state index in [2.05, 4.69) is 11.6 Å². The quantitative estimate of drug-likeness (QED) is 0.521. The van der Waals surface area contributed by atoms with Crippen LogP contribution in [0.1, 0.15) is 13.8 Å². The van der Waals surface area contributed by atoms with Gasteiger partial charge in [-0.2, -0.15) is 0 Å². The van der Waals surface area contributed by atoms with E-state index in [4.69, 9.17) is 0 Å². The lowest BCUT2D eigenvalue weighted by molar-refractivity contribution is 1.48. The zero-order valence-corrected chi connectivity index (χ0v) is 6.38. The number of rotatable bonds is 2. The van der Waals surface area contributed by atoms with Crippen LogP contribution in [0.4, 0.5) is 0 Å². The largest absolute Gasteiger partial charge is 0.252 e. The summed E-state index contributed by atoms with van der Waals surface area (Å²) in [6, 6.07) is 0. The summed E-state index contributed by atoms with van der Waals surface area (Å²) in [6.45, 7) is 7.61. The molecule has 46 valence electrons. The molecule has 0 bridgehead atoms. The van der Waals surface area contributed by atoms with E-state index >= 15 is 0 Å². The minimum atomic E-state index is 0.880. The van der Waals surface area contributed by atoms with Gasteiger partial charge in [-0.15, -0.1) is 11.8 Å². The van der Waals surface area contributed by atoms with Crippen molar-refractivity contribution in [2.24, 2.45) is 4.99 Å². The third-order valence-corrected chi connectivity index (χ3v) is 1.15. The van der Waals surface area contributed by atoms with Crippen molar-refractivity contribution in [3.05, 3.63) is 11.6 Å². The molecule has 8 heavy (non-hydrogen) atoms. The molecule has 0 aliphatic rings. The van der Waals surface area contributed by atoms with Crippen LogP contribution in [0.25, 0.3) is 0 Å². The van der Waals surface area contributed by atoms with Gasteiger partial charge in [0.1, 0.15) is 0 Å². The van der Waals surface area contributed by atoms with Crippen LogP contribution in [0, 0.1) is 0 Å². The molecule has 2 heteroatoms. The summed E-state index contributed by atoms with van der Waals surface area (Å²) < 4.78 is 0. The average Bonchev–Trinajstić information content (AvgIpc) is 1.65. The Morgan fingerprint density at radius 2 is 2.00 bits per heavy atom. The molecule has 0 radical (unpaired) electrons. The SMILES string of the molecule is C=C(N=C(C)C)SC. The molecular formula is C6H11NS. The fourth-order valence-corrected chi connectivity index (χ4v) is 0.569. The lowest BCUT2D eigenvalue weighted by Gasteiger charge is -1.91. The van der Waals surface area contributed by atoms with Gasteiger partial charge in [-0.05, 0) is 20.1 Å². The van der Waals surface area contributed by atoms with E-state index in [0.717, 1.165) is 10.7 Å². The Labute approximate surface area is 54.9 Å². The third-order valence-electron chi connectivity index (χ3n) is 0.584. The van der Waals surface area contributed by atoms with Crippen LogP contribution < -0.4 is 0 Å². The molecule has 0 atom stereocenters. The molecule has 0 aliphatic heterocycles. The highest BCUT2D eigenvalue weighted by Crippen LogP contribution is 2.08. The second kappa shape index (κ2) is 3.72. The molecule has 0 saturated heterocycles. The highest BCUT2D eigenvalue weighted by atomic mass is 32.2. The molecule has 0 unspecified atom stereocenters. The van der Waals surface area contributed by atoms with Gasteiger partial charge in [0, 0.05) is 5.71 Å². The van der Waals surface area contributed by atoms with Crippen LogP contribution in [0.3, 0.4) is 0 Å². The van der Waals surface area contributed by atoms with Gasteiger partial charge in [-0.1, -0.05) is 6.58 Å². The molecule has 1 nitrogen and oxygen atoms in total. The summed E-state index contributed by atoms with van der Waals surface area (Å²) in [5, 5.41) is 0.880. The number of hydrogen-bond donors (Lipinski definition) is 0. The van der Waals surface area contributed by atoms with E-state index in [1.54, 1.807) is 11.8 Å². The molecule has 0 amide bonds. The summed E-state index contributed by atoms with van der Waals surface area (Å²) >= 11 is 1.57. The number of nitrogens with zero attached hydrogens (tertiary/aromatic N) is 1. The lowest BCUT2D eigenvalue weighted by atomic mass is 10.5. The molecule has 0 saturated carbocycles. The first-order valence-electron chi connectivity index (χ1n) is 2.41. The Bertz CT molecular complexity index is 112. The summed E-state index contributed by atoms with van der Waals surface area (Å²) in [4.78, 5) is 4.08. The molecule has 0 aliphatic carbocycles. The fraction of sp³-hybridized carbons (Fsp3) is 0.500. The summed E-state index contributed by atoms with van der Waals surface area (Å²) in [5.41, 5.74) is 1.06. The monoisotopic (exact) mass is 129 g/mol. The van der Waals surface area contributed by atoms with Gasteiger partial charge in [0.2, 0.25) is 0 Å². The van der Waals surface area contributed by atoms with Crippen molar-refractivity contribution in [1.82, 2.24) is 0 Å². The van der Waals surface area contributed by atoms with E-state index in [1.807, 2.05) is 20.1 Å². The van der Waals surface area contributed by atoms with Crippen LogP contribution in [-0.2, 0) is 0 Å². The predicted octanol–water partition coefficient (Wildman–Crippen LogP) is 2.30. The highest BCUT2D eigenvalue weighted by Gasteiger charge is 1.82. The molecule has 0 aromatic rings. The van der Waals surface area contributed by atoms with Crippen molar-refractivity contribution in [1.29, 1.82) is 0 Å². The minimum Gasteiger partial charge on any atom is -0.252 e. The van der Waals surface area contributed by atoms with E-state index in [1.165, 1.54) is 0 Å². The van der Waals surface area contributed by atoms with E-state index < -0.39 is 0 Å². The van der Waals surface area contributed by atoms with Crippen molar-refractivity contribution in [3.8, 4) is 0 Å². The molecule has 0 aromatic heterocycles. The van der Waals surface area contributed by atoms with Crippen molar-refractivity contribution >= 4 is 17.5 Å². The van der Waals surface area contributed by atoms with Crippen LogP contribution in [0.5, 0.6) is 0 Å². The van der Waals surface area contributed by atoms with Gasteiger partial charge in [0.25, 0.3) is 0 Å². The maximum Gasteiger partial charge on any atom is 0.0884 e. The van der Waals surface area contributed by atoms with Gasteiger partial charge in [0.15, 0.2) is 0 Å². The van der Waals surface area contributed by atoms with Crippen LogP contribution in [0.15, 0.2) is 16.6 Å². The predicted molar refractivity (Wildman–Crippen MR) is 41.4 cm³/mol. The van der Waals surface area contributed by atoms with E-state index in [-0.39, 0.29) is 0 Å². The number of aliphatic imine (C=N–C) groups is 1. The summed E-state index contributed by atoms with van der Waals surface area (Å²) in [5.74, 6) is 0. The van der Waals surface area contributed by atoms with Gasteiger partial charge in [0.05, 0.1) is 5.03 Å². The molecular weight excluding hydrogens is 118 g/mol. The molecule has 0 spiro atoms. The summed E-state index contributed by atoms with van der Waals surface area (Å²) in [6.07, 6.45) is 1.97. The smallest absolute Gasteiger partial charge is 0.0884 e. The molecule has 0 heterocycles. The molecule has 0 N–H and O–H groups in total. The van der Waals surface area contributed by atoms with Crippen molar-refractivity contribution in [2.75, 3.05) is 6.26 Å². The van der Waals surface area contributed by atoms with Gasteiger partial charge >= 0.3 is 0 Å². The maximum absolute atomic E-state index is 4.08. The van der Waals surface area contributed by atoms with E-state index in [0.29, 0.717) is 0 Å². The first kappa shape index (κ1) is 7.76. The first-order chi connectivity index (χ1) is 3.66. The second-order valence-corrected chi connectivity index (χ2v) is 2.54. The van der Waals surface area contributed by atoms with Crippen molar-refractivity contribution < 1.29 is 0 Å². The Hall–Kier alpha value is -0.240. The summed E-state index contributed by atoms with van der Waals surface area (Å²) in [7, 11) is 0. The average molecular weight is 129 g/mol. The third kappa shape index (κ3) is 3.93. The minimum absolute atomic E-state index is 0.880. The maximum atomic E-state index is 4.08. The van der Waals surface area contributed by atoms with Gasteiger partial charge < -0.3 is 0 Å². The van der Waals surface area contributed by atoms with Crippen LogP contribution in [-0.4, -0.2) is 12.0 Å². The second-order valence-electron chi connectivity index (χ2n) is 1.66. The zero-order chi connectivity index (χ0) is 6.57. The Morgan fingerprint density at radius 1 is 1.50 bits per heavy atom. The molecule has 0 aromatic carbocycles. The van der Waals surface area contributed by atoms with Crippen molar-refractivity contribution in [2.45, 2.75) is 13.8 Å². The van der Waals surface area contributed by atoms with Crippen LogP contribution in [0.2, 0.25) is 0 Å². The zero-order valence-electron chi connectivity index (χ0n) is 5.56. The fourth-order valence-electron chi connectivity index (χ4n) is 0.295. The standard InChI is InChI=1S/C6H11NS/c1-5(2)7-6(3)8-4/h3H2,1-2,4H3. The molecule has 0 fully saturated rings. The van der Waals surface area contributed by atoms with E-state index in [9.17, 15) is 0 Å². The lowest BCUT2D eigenvalue weighted by Crippen LogP contribution is -1.78. The normalized spacial score (nSPS) is 8.38. The van der Waals surface area contributed by atoms with Gasteiger partial charge in [-0.25, -0.2) is 0 Å². The molecule has 0 rings (SSSR count). The highest BCUT2D eigenvalue weighted by molar-refractivity contribution is 8.02.